The lowest BCUT2D eigenvalue weighted by Crippen LogP contribution is -2.38. The van der Waals surface area contributed by atoms with Crippen LogP contribution in [-0.4, -0.2) is 37.6 Å². The van der Waals surface area contributed by atoms with Crippen LogP contribution in [0.3, 0.4) is 0 Å². The van der Waals surface area contributed by atoms with Crippen molar-refractivity contribution in [2.75, 3.05) is 19.7 Å². The summed E-state index contributed by atoms with van der Waals surface area (Å²) >= 11 is 1.83. The molecule has 3 rings (SSSR count). The first kappa shape index (κ1) is 25.5. The Balaban J connectivity index is 0.00000341. The van der Waals surface area contributed by atoms with E-state index < -0.39 is 0 Å². The number of aryl methyl sites for hydroxylation is 1. The van der Waals surface area contributed by atoms with E-state index in [1.165, 1.54) is 15.3 Å². The highest BCUT2D eigenvalue weighted by Crippen LogP contribution is 2.19. The normalized spacial score (nSPS) is 13.3. The zero-order valence-corrected chi connectivity index (χ0v) is 21.4. The Bertz CT molecular complexity index is 834. The fraction of sp³-hybridized carbons (Fsp3) is 0.478. The minimum absolute atomic E-state index is 0. The van der Waals surface area contributed by atoms with Gasteiger partial charge in [-0.15, -0.1) is 35.3 Å². The van der Waals surface area contributed by atoms with Crippen LogP contribution in [0.2, 0.25) is 0 Å². The summed E-state index contributed by atoms with van der Waals surface area (Å²) in [4.78, 5) is 19.1. The fourth-order valence-electron chi connectivity index (χ4n) is 2.92. The predicted octanol–water partition coefficient (Wildman–Crippen LogP) is 3.88. The number of hydrogen-bond acceptors (Lipinski definition) is 4. The Kier molecular flexibility index (Phi) is 11.1. The number of carbonyl (C=O) groups excluding carboxylic acids is 1. The maximum absolute atomic E-state index is 11.7. The molecule has 2 aromatic rings. The van der Waals surface area contributed by atoms with Crippen LogP contribution >= 0.6 is 35.3 Å². The maximum atomic E-state index is 11.7. The molecule has 1 fully saturated rings. The fourth-order valence-corrected chi connectivity index (χ4v) is 3.80. The molecule has 3 N–H and O–H groups in total. The van der Waals surface area contributed by atoms with Gasteiger partial charge in [0.25, 0.3) is 5.91 Å². The van der Waals surface area contributed by atoms with Crippen LogP contribution in [-0.2, 0) is 24.2 Å². The van der Waals surface area contributed by atoms with Crippen LogP contribution in [0, 0.1) is 0 Å². The van der Waals surface area contributed by atoms with Crippen molar-refractivity contribution in [1.82, 2.24) is 16.0 Å². The van der Waals surface area contributed by atoms with Gasteiger partial charge >= 0.3 is 0 Å². The molecule has 1 aromatic carbocycles. The Hall–Kier alpha value is -1.81. The third-order valence-corrected chi connectivity index (χ3v) is 5.96. The quantitative estimate of drug-likeness (QED) is 0.223. The molecule has 170 valence electrons. The van der Waals surface area contributed by atoms with Crippen molar-refractivity contribution in [3.8, 4) is 5.75 Å². The summed E-state index contributed by atoms with van der Waals surface area (Å²) in [5.41, 5.74) is 1.21. The highest BCUT2D eigenvalue weighted by Gasteiger charge is 2.23. The molecule has 1 heterocycles. The van der Waals surface area contributed by atoms with Crippen molar-refractivity contribution >= 4 is 47.2 Å². The monoisotopic (exact) mass is 556 g/mol. The third-order valence-electron chi connectivity index (χ3n) is 4.74. The van der Waals surface area contributed by atoms with Gasteiger partial charge in [-0.2, -0.15) is 0 Å². The van der Waals surface area contributed by atoms with Gasteiger partial charge in [-0.1, -0.05) is 19.1 Å². The van der Waals surface area contributed by atoms with Crippen LogP contribution < -0.4 is 20.7 Å². The number of guanidine groups is 1. The number of hydrogen-bond donors (Lipinski definition) is 3. The Labute approximate surface area is 206 Å². The van der Waals surface area contributed by atoms with E-state index in [9.17, 15) is 4.79 Å². The molecular formula is C23H33IN4O2S. The van der Waals surface area contributed by atoms with Crippen molar-refractivity contribution in [3.63, 3.8) is 0 Å². The van der Waals surface area contributed by atoms with E-state index in [0.29, 0.717) is 12.6 Å². The zero-order valence-electron chi connectivity index (χ0n) is 18.3. The number of rotatable bonds is 11. The van der Waals surface area contributed by atoms with E-state index >= 15 is 0 Å². The average molecular weight is 557 g/mol. The molecule has 0 spiro atoms. The minimum atomic E-state index is -0.0468. The second kappa shape index (κ2) is 13.6. The van der Waals surface area contributed by atoms with Gasteiger partial charge in [-0.25, -0.2) is 4.99 Å². The molecule has 0 radical (unpaired) electrons. The van der Waals surface area contributed by atoms with Crippen LogP contribution in [0.25, 0.3) is 0 Å². The summed E-state index contributed by atoms with van der Waals surface area (Å²) in [6, 6.07) is 12.6. The van der Waals surface area contributed by atoms with Gasteiger partial charge in [-0.05, 0) is 62.4 Å². The van der Waals surface area contributed by atoms with Crippen LogP contribution in [0.5, 0.6) is 5.75 Å². The summed E-state index contributed by atoms with van der Waals surface area (Å²) in [7, 11) is 0. The number of thiophene rings is 1. The first-order valence-corrected chi connectivity index (χ1v) is 11.6. The van der Waals surface area contributed by atoms with Crippen molar-refractivity contribution < 1.29 is 9.53 Å². The third kappa shape index (κ3) is 9.47. The number of benzene rings is 1. The van der Waals surface area contributed by atoms with Crippen molar-refractivity contribution in [3.05, 3.63) is 51.7 Å². The smallest absolute Gasteiger partial charge is 0.258 e. The molecule has 6 nitrogen and oxygen atoms in total. The summed E-state index contributed by atoms with van der Waals surface area (Å²) in [6.45, 7) is 6.64. The average Bonchev–Trinajstić information content (AvgIpc) is 3.45. The Morgan fingerprint density at radius 1 is 1.10 bits per heavy atom. The predicted molar refractivity (Wildman–Crippen MR) is 139 cm³/mol. The van der Waals surface area contributed by atoms with E-state index in [2.05, 4.69) is 46.9 Å². The highest BCUT2D eigenvalue weighted by molar-refractivity contribution is 14.0. The molecule has 0 bridgehead atoms. The number of amides is 1. The van der Waals surface area contributed by atoms with Gasteiger partial charge in [0.1, 0.15) is 5.75 Å². The van der Waals surface area contributed by atoms with Gasteiger partial charge in [0.15, 0.2) is 12.6 Å². The van der Waals surface area contributed by atoms with Gasteiger partial charge in [0.05, 0.1) is 6.54 Å². The molecule has 0 aliphatic heterocycles. The molecule has 1 aromatic heterocycles. The molecule has 8 heteroatoms. The van der Waals surface area contributed by atoms with E-state index in [0.717, 1.165) is 50.5 Å². The minimum Gasteiger partial charge on any atom is -0.484 e. The van der Waals surface area contributed by atoms with Crippen LogP contribution in [0.1, 0.15) is 42.0 Å². The second-order valence-electron chi connectivity index (χ2n) is 7.37. The molecule has 31 heavy (non-hydrogen) atoms. The van der Waals surface area contributed by atoms with E-state index in [1.807, 2.05) is 35.6 Å². The first-order valence-electron chi connectivity index (χ1n) is 10.8. The molecule has 0 saturated heterocycles. The number of halogens is 1. The summed E-state index contributed by atoms with van der Waals surface area (Å²) in [5, 5.41) is 9.62. The van der Waals surface area contributed by atoms with Crippen LogP contribution in [0.15, 0.2) is 41.4 Å². The first-order chi connectivity index (χ1) is 14.7. The lowest BCUT2D eigenvalue weighted by Gasteiger charge is -2.11. The molecule has 1 amide bonds. The highest BCUT2D eigenvalue weighted by atomic mass is 127. The maximum Gasteiger partial charge on any atom is 0.258 e. The Morgan fingerprint density at radius 2 is 1.84 bits per heavy atom. The van der Waals surface area contributed by atoms with Gasteiger partial charge in [-0.3, -0.25) is 4.79 Å². The van der Waals surface area contributed by atoms with E-state index in [-0.39, 0.29) is 36.5 Å². The van der Waals surface area contributed by atoms with Crippen molar-refractivity contribution in [2.24, 2.45) is 4.99 Å². The van der Waals surface area contributed by atoms with Crippen molar-refractivity contribution in [2.45, 2.75) is 52.1 Å². The van der Waals surface area contributed by atoms with Crippen LogP contribution in [0.4, 0.5) is 0 Å². The molecular weight excluding hydrogens is 523 g/mol. The van der Waals surface area contributed by atoms with E-state index in [1.54, 1.807) is 0 Å². The number of aliphatic imine (C=N–C) groups is 1. The lowest BCUT2D eigenvalue weighted by atomic mass is 10.1. The van der Waals surface area contributed by atoms with Gasteiger partial charge in [0, 0.05) is 28.9 Å². The van der Waals surface area contributed by atoms with Gasteiger partial charge < -0.3 is 20.7 Å². The number of ether oxygens (including phenoxy) is 1. The van der Waals surface area contributed by atoms with E-state index in [4.69, 9.17) is 4.74 Å². The summed E-state index contributed by atoms with van der Waals surface area (Å²) in [6.07, 6.45) is 4.13. The molecule has 0 atom stereocenters. The summed E-state index contributed by atoms with van der Waals surface area (Å²) < 4.78 is 5.55. The number of carbonyl (C=O) groups is 1. The molecule has 1 aliphatic carbocycles. The number of nitrogens with one attached hydrogen (secondary N) is 3. The molecule has 0 unspecified atom stereocenters. The van der Waals surface area contributed by atoms with Gasteiger partial charge in [0.2, 0.25) is 0 Å². The Morgan fingerprint density at radius 3 is 2.48 bits per heavy atom. The SMILES string of the molecule is CCNC(=NCc1ccc(CC)s1)NCCc1ccc(OCC(=O)NC2CC2)cc1.I. The lowest BCUT2D eigenvalue weighted by molar-refractivity contribution is -0.123. The second-order valence-corrected chi connectivity index (χ2v) is 8.62. The molecule has 1 aliphatic rings. The standard InChI is InChI=1S/C23H32N4O2S.HI/c1-3-20-11-12-21(30-20)15-26-23(24-4-2)25-14-13-17-5-9-19(10-6-17)29-16-22(28)27-18-7-8-18;/h5-6,9-12,18H,3-4,7-8,13-16H2,1-2H3,(H,27,28)(H2,24,25,26);1H. The topological polar surface area (TPSA) is 74.8 Å². The zero-order chi connectivity index (χ0) is 21.2. The summed E-state index contributed by atoms with van der Waals surface area (Å²) in [5.74, 6) is 1.51. The van der Waals surface area contributed by atoms with Crippen molar-refractivity contribution in [1.29, 1.82) is 0 Å². The molecule has 1 saturated carbocycles. The largest absolute Gasteiger partial charge is 0.484 e. The number of nitrogens with zero attached hydrogens (tertiary/aromatic N) is 1.